The number of benzene rings is 2. The average Bonchev–Trinajstić information content (AvgIpc) is 3.08. The maximum atomic E-state index is 12.9. The molecule has 1 saturated heterocycles. The summed E-state index contributed by atoms with van der Waals surface area (Å²) in [5.74, 6) is -1.97. The summed E-state index contributed by atoms with van der Waals surface area (Å²) in [6.45, 7) is 0.307. The summed E-state index contributed by atoms with van der Waals surface area (Å²) in [6.07, 6.45) is -7.46. The number of phenolic OH excluding ortho intramolecular Hbond substituents is 3. The molecule has 11 heteroatoms. The minimum atomic E-state index is -1.61. The zero-order valence-electron chi connectivity index (χ0n) is 17.8. The standard InChI is InChI=1S/C23H22O11/c1-9(25)32-23-19(31)20(15(30)8-24)34-22(23)18-13(28)6-12(27)17-14(29)7-16(33-21(17)18)10-2-4-11(26)5-3-10/h2-7,15,19-20,22-24,26-28,30-31H,8H2,1H3/t15-,19-,20-,22-,23+/m0/s1. The third-order valence-electron chi connectivity index (χ3n) is 5.58. The summed E-state index contributed by atoms with van der Waals surface area (Å²) in [6, 6.07) is 7.69. The molecule has 6 N–H and O–H groups in total. The minimum absolute atomic E-state index is 0.0195. The third-order valence-corrected chi connectivity index (χ3v) is 5.58. The lowest BCUT2D eigenvalue weighted by Gasteiger charge is -2.22. The first-order valence-corrected chi connectivity index (χ1v) is 10.2. The van der Waals surface area contributed by atoms with Gasteiger partial charge in [0.15, 0.2) is 17.1 Å². The highest BCUT2D eigenvalue weighted by Gasteiger charge is 2.51. The highest BCUT2D eigenvalue weighted by Crippen LogP contribution is 2.46. The fraction of sp³-hybridized carbons (Fsp3) is 0.304. The molecule has 4 rings (SSSR count). The van der Waals surface area contributed by atoms with Crippen LogP contribution in [-0.2, 0) is 14.3 Å². The van der Waals surface area contributed by atoms with Gasteiger partial charge in [-0.2, -0.15) is 0 Å². The SMILES string of the molecule is CC(=O)O[C@@H]1[C@@H](O)[C@H]([C@@H](O)CO)O[C@H]1c1c(O)cc(O)c2c(=O)cc(-c3ccc(O)cc3)oc12. The smallest absolute Gasteiger partial charge is 0.303 e. The quantitative estimate of drug-likeness (QED) is 0.285. The second kappa shape index (κ2) is 8.95. The van der Waals surface area contributed by atoms with Gasteiger partial charge in [-0.1, -0.05) is 0 Å². The van der Waals surface area contributed by atoms with Crippen LogP contribution in [0.15, 0.2) is 45.6 Å². The first-order chi connectivity index (χ1) is 16.1. The van der Waals surface area contributed by atoms with Crippen LogP contribution in [0.1, 0.15) is 18.6 Å². The predicted molar refractivity (Wildman–Crippen MR) is 115 cm³/mol. The number of fused-ring (bicyclic) bond motifs is 1. The first kappa shape index (κ1) is 23.5. The van der Waals surface area contributed by atoms with Crippen molar-refractivity contribution >= 4 is 16.9 Å². The molecule has 5 atom stereocenters. The summed E-state index contributed by atoms with van der Waals surface area (Å²) in [5, 5.41) is 60.3. The number of hydrogen-bond acceptors (Lipinski definition) is 11. The van der Waals surface area contributed by atoms with Crippen LogP contribution in [0.4, 0.5) is 0 Å². The van der Waals surface area contributed by atoms with Crippen molar-refractivity contribution in [3.05, 3.63) is 52.2 Å². The van der Waals surface area contributed by atoms with Crippen LogP contribution in [-0.4, -0.2) is 67.6 Å². The normalized spacial score (nSPS) is 23.2. The number of carbonyl (C=O) groups excluding carboxylic acids is 1. The number of ether oxygens (including phenoxy) is 2. The van der Waals surface area contributed by atoms with Crippen molar-refractivity contribution < 1.29 is 49.3 Å². The molecule has 0 spiro atoms. The van der Waals surface area contributed by atoms with E-state index in [0.717, 1.165) is 19.1 Å². The van der Waals surface area contributed by atoms with Gasteiger partial charge in [-0.3, -0.25) is 9.59 Å². The van der Waals surface area contributed by atoms with Gasteiger partial charge in [-0.25, -0.2) is 0 Å². The van der Waals surface area contributed by atoms with Crippen molar-refractivity contribution in [2.75, 3.05) is 6.61 Å². The molecule has 0 radical (unpaired) electrons. The Bertz CT molecular complexity index is 1280. The molecule has 11 nitrogen and oxygen atoms in total. The van der Waals surface area contributed by atoms with Crippen molar-refractivity contribution in [2.24, 2.45) is 0 Å². The Balaban J connectivity index is 1.95. The van der Waals surface area contributed by atoms with Crippen LogP contribution in [0.25, 0.3) is 22.3 Å². The summed E-state index contributed by atoms with van der Waals surface area (Å²) < 4.78 is 16.7. The highest BCUT2D eigenvalue weighted by atomic mass is 16.6. The lowest BCUT2D eigenvalue weighted by atomic mass is 9.96. The van der Waals surface area contributed by atoms with E-state index in [4.69, 9.17) is 13.9 Å². The van der Waals surface area contributed by atoms with Crippen LogP contribution in [0.5, 0.6) is 17.2 Å². The van der Waals surface area contributed by atoms with E-state index in [1.807, 2.05) is 0 Å². The zero-order chi connectivity index (χ0) is 24.7. The van der Waals surface area contributed by atoms with Crippen LogP contribution in [0, 0.1) is 0 Å². The number of phenols is 3. The van der Waals surface area contributed by atoms with E-state index in [2.05, 4.69) is 0 Å². The number of rotatable bonds is 5. The maximum absolute atomic E-state index is 12.9. The van der Waals surface area contributed by atoms with E-state index >= 15 is 0 Å². The van der Waals surface area contributed by atoms with Crippen LogP contribution in [0.3, 0.4) is 0 Å². The fourth-order valence-corrected chi connectivity index (χ4v) is 4.04. The monoisotopic (exact) mass is 474 g/mol. The molecule has 0 amide bonds. The molecule has 1 aromatic heterocycles. The van der Waals surface area contributed by atoms with Gasteiger partial charge >= 0.3 is 5.97 Å². The lowest BCUT2D eigenvalue weighted by Crippen LogP contribution is -2.41. The first-order valence-electron chi connectivity index (χ1n) is 10.2. The Hall–Kier alpha value is -3.64. The molecular formula is C23H22O11. The number of hydrogen-bond donors (Lipinski definition) is 6. The van der Waals surface area contributed by atoms with Crippen LogP contribution in [0.2, 0.25) is 0 Å². The average molecular weight is 474 g/mol. The van der Waals surface area contributed by atoms with Gasteiger partial charge in [0.1, 0.15) is 52.8 Å². The fourth-order valence-electron chi connectivity index (χ4n) is 4.04. The number of carbonyl (C=O) groups is 1. The van der Waals surface area contributed by atoms with E-state index in [0.29, 0.717) is 5.56 Å². The minimum Gasteiger partial charge on any atom is -0.508 e. The van der Waals surface area contributed by atoms with Gasteiger partial charge in [0, 0.05) is 24.6 Å². The molecule has 1 aliphatic heterocycles. The Morgan fingerprint density at radius 2 is 1.79 bits per heavy atom. The molecule has 2 heterocycles. The predicted octanol–water partition coefficient (Wildman–Crippen LogP) is 0.663. The molecule has 1 aliphatic rings. The van der Waals surface area contributed by atoms with Gasteiger partial charge in [-0.15, -0.1) is 0 Å². The van der Waals surface area contributed by atoms with Gasteiger partial charge < -0.3 is 44.5 Å². The summed E-state index contributed by atoms with van der Waals surface area (Å²) in [7, 11) is 0. The summed E-state index contributed by atoms with van der Waals surface area (Å²) >= 11 is 0. The number of aromatic hydroxyl groups is 3. The molecule has 0 bridgehead atoms. The Kier molecular flexibility index (Phi) is 6.19. The Morgan fingerprint density at radius 1 is 1.12 bits per heavy atom. The second-order valence-corrected chi connectivity index (χ2v) is 7.89. The second-order valence-electron chi connectivity index (χ2n) is 7.89. The van der Waals surface area contributed by atoms with Crippen molar-refractivity contribution in [1.82, 2.24) is 0 Å². The Labute approximate surface area is 191 Å². The van der Waals surface area contributed by atoms with Crippen LogP contribution < -0.4 is 5.43 Å². The summed E-state index contributed by atoms with van der Waals surface area (Å²) in [4.78, 5) is 24.6. The maximum Gasteiger partial charge on any atom is 0.303 e. The molecule has 0 aliphatic carbocycles. The van der Waals surface area contributed by atoms with Gasteiger partial charge in [0.05, 0.1) is 12.2 Å². The topological polar surface area (TPSA) is 187 Å². The molecule has 180 valence electrons. The summed E-state index contributed by atoms with van der Waals surface area (Å²) in [5.41, 5.74) is -0.800. The largest absolute Gasteiger partial charge is 0.508 e. The van der Waals surface area contributed by atoms with Crippen molar-refractivity contribution in [3.63, 3.8) is 0 Å². The number of esters is 1. The lowest BCUT2D eigenvalue weighted by molar-refractivity contribution is -0.153. The molecule has 3 aromatic rings. The Morgan fingerprint density at radius 3 is 2.41 bits per heavy atom. The third kappa shape index (κ3) is 4.05. The van der Waals surface area contributed by atoms with E-state index in [1.165, 1.54) is 24.3 Å². The van der Waals surface area contributed by atoms with E-state index in [1.54, 1.807) is 0 Å². The van der Waals surface area contributed by atoms with Crippen molar-refractivity contribution in [3.8, 4) is 28.6 Å². The molecule has 0 saturated carbocycles. The number of aliphatic hydroxyl groups is 3. The van der Waals surface area contributed by atoms with Crippen molar-refractivity contribution in [1.29, 1.82) is 0 Å². The van der Waals surface area contributed by atoms with Gasteiger partial charge in [-0.05, 0) is 24.3 Å². The molecular weight excluding hydrogens is 452 g/mol. The zero-order valence-corrected chi connectivity index (χ0v) is 17.8. The molecule has 1 fully saturated rings. The molecule has 34 heavy (non-hydrogen) atoms. The molecule has 2 aromatic carbocycles. The van der Waals surface area contributed by atoms with E-state index < -0.39 is 60.0 Å². The van der Waals surface area contributed by atoms with Gasteiger partial charge in [0.25, 0.3) is 0 Å². The highest BCUT2D eigenvalue weighted by molar-refractivity contribution is 5.89. The molecule has 0 unspecified atom stereocenters. The van der Waals surface area contributed by atoms with Crippen molar-refractivity contribution in [2.45, 2.75) is 37.4 Å². The van der Waals surface area contributed by atoms with Gasteiger partial charge in [0.2, 0.25) is 0 Å². The van der Waals surface area contributed by atoms with Crippen LogP contribution >= 0.6 is 0 Å². The van der Waals surface area contributed by atoms with E-state index in [9.17, 15) is 40.2 Å². The number of aliphatic hydroxyl groups excluding tert-OH is 3. The van der Waals surface area contributed by atoms with E-state index in [-0.39, 0.29) is 28.0 Å².